The number of nitrogens with one attached hydrogen (secondary N) is 1. The summed E-state index contributed by atoms with van der Waals surface area (Å²) in [7, 11) is 1.55. The van der Waals surface area contributed by atoms with Gasteiger partial charge in [-0.25, -0.2) is 0 Å². The van der Waals surface area contributed by atoms with E-state index in [0.717, 1.165) is 16.9 Å². The van der Waals surface area contributed by atoms with Gasteiger partial charge in [-0.05, 0) is 35.6 Å². The molecule has 4 nitrogen and oxygen atoms in total. The minimum atomic E-state index is -0.0984. The van der Waals surface area contributed by atoms with Gasteiger partial charge in [-0.1, -0.05) is 6.92 Å². The molecule has 0 aliphatic carbocycles. The molecule has 0 spiro atoms. The normalized spacial score (nSPS) is 10.2. The highest BCUT2D eigenvalue weighted by Gasteiger charge is 2.12. The average Bonchev–Trinajstić information content (AvgIpc) is 2.89. The zero-order chi connectivity index (χ0) is 13.8. The summed E-state index contributed by atoms with van der Waals surface area (Å²) in [5, 5.41) is 4.78. The smallest absolute Gasteiger partial charge is 0.266 e. The van der Waals surface area contributed by atoms with Crippen molar-refractivity contribution in [3.63, 3.8) is 0 Å². The van der Waals surface area contributed by atoms with Crippen LogP contribution in [0, 0.1) is 0 Å². The highest BCUT2D eigenvalue weighted by molar-refractivity contribution is 7.12. The SMILES string of the molecule is CCc1ccsc1C(=O)Nc1ccc(N)c(OC)c1. The second-order valence-electron chi connectivity index (χ2n) is 4.04. The van der Waals surface area contributed by atoms with Crippen molar-refractivity contribution in [2.75, 3.05) is 18.2 Å². The van der Waals surface area contributed by atoms with Gasteiger partial charge in [0.05, 0.1) is 17.7 Å². The number of carbonyl (C=O) groups is 1. The van der Waals surface area contributed by atoms with Crippen LogP contribution in [0.1, 0.15) is 22.2 Å². The third-order valence-electron chi connectivity index (χ3n) is 2.83. The van der Waals surface area contributed by atoms with E-state index in [4.69, 9.17) is 10.5 Å². The number of aryl methyl sites for hydroxylation is 1. The lowest BCUT2D eigenvalue weighted by molar-refractivity contribution is 0.103. The Labute approximate surface area is 116 Å². The van der Waals surface area contributed by atoms with Gasteiger partial charge in [0.25, 0.3) is 5.91 Å². The first-order chi connectivity index (χ1) is 9.15. The van der Waals surface area contributed by atoms with E-state index in [-0.39, 0.29) is 5.91 Å². The molecule has 0 saturated carbocycles. The summed E-state index contributed by atoms with van der Waals surface area (Å²) < 4.78 is 5.13. The molecule has 0 aliphatic heterocycles. The number of ether oxygens (including phenoxy) is 1. The molecule has 0 aliphatic rings. The third-order valence-corrected chi connectivity index (χ3v) is 3.78. The van der Waals surface area contributed by atoms with Crippen molar-refractivity contribution in [3.05, 3.63) is 40.1 Å². The molecule has 3 N–H and O–H groups in total. The van der Waals surface area contributed by atoms with E-state index >= 15 is 0 Å². The molecular formula is C14H16N2O2S. The van der Waals surface area contributed by atoms with E-state index in [1.807, 2.05) is 18.4 Å². The van der Waals surface area contributed by atoms with Crippen LogP contribution in [0.15, 0.2) is 29.6 Å². The number of nitrogens with two attached hydrogens (primary N) is 1. The van der Waals surface area contributed by atoms with Crippen LogP contribution in [-0.2, 0) is 6.42 Å². The van der Waals surface area contributed by atoms with Crippen molar-refractivity contribution < 1.29 is 9.53 Å². The third kappa shape index (κ3) is 2.88. The number of thiophene rings is 1. The maximum absolute atomic E-state index is 12.2. The Bertz CT molecular complexity index is 593. The van der Waals surface area contributed by atoms with Gasteiger partial charge in [-0.2, -0.15) is 0 Å². The quantitative estimate of drug-likeness (QED) is 0.843. The predicted octanol–water partition coefficient (Wildman–Crippen LogP) is 3.15. The van der Waals surface area contributed by atoms with Crippen LogP contribution in [0.2, 0.25) is 0 Å². The van der Waals surface area contributed by atoms with Crippen LogP contribution in [-0.4, -0.2) is 13.0 Å². The first kappa shape index (κ1) is 13.4. The van der Waals surface area contributed by atoms with Crippen molar-refractivity contribution in [3.8, 4) is 5.75 Å². The predicted molar refractivity (Wildman–Crippen MR) is 79.1 cm³/mol. The Balaban J connectivity index is 2.19. The van der Waals surface area contributed by atoms with E-state index in [1.165, 1.54) is 11.3 Å². The number of anilines is 2. The number of hydrogen-bond donors (Lipinski definition) is 2. The summed E-state index contributed by atoms with van der Waals surface area (Å²) in [5.41, 5.74) is 8.02. The zero-order valence-corrected chi connectivity index (χ0v) is 11.7. The van der Waals surface area contributed by atoms with Gasteiger partial charge in [-0.3, -0.25) is 4.79 Å². The molecule has 19 heavy (non-hydrogen) atoms. The number of carbonyl (C=O) groups excluding carboxylic acids is 1. The fraction of sp³-hybridized carbons (Fsp3) is 0.214. The molecule has 0 fully saturated rings. The average molecular weight is 276 g/mol. The molecule has 100 valence electrons. The van der Waals surface area contributed by atoms with Gasteiger partial charge in [-0.15, -0.1) is 11.3 Å². The number of nitrogen functional groups attached to an aromatic ring is 1. The maximum Gasteiger partial charge on any atom is 0.266 e. The van der Waals surface area contributed by atoms with Crippen molar-refractivity contribution in [1.82, 2.24) is 0 Å². The van der Waals surface area contributed by atoms with Crippen molar-refractivity contribution in [2.45, 2.75) is 13.3 Å². The number of hydrogen-bond acceptors (Lipinski definition) is 4. The molecule has 1 amide bonds. The lowest BCUT2D eigenvalue weighted by Crippen LogP contribution is -2.12. The number of rotatable bonds is 4. The van der Waals surface area contributed by atoms with Crippen LogP contribution in [0.25, 0.3) is 0 Å². The molecule has 0 unspecified atom stereocenters. The maximum atomic E-state index is 12.2. The molecule has 0 bridgehead atoms. The zero-order valence-electron chi connectivity index (χ0n) is 10.9. The first-order valence-corrected chi connectivity index (χ1v) is 6.85. The Kier molecular flexibility index (Phi) is 4.06. The van der Waals surface area contributed by atoms with Crippen LogP contribution < -0.4 is 15.8 Å². The molecule has 0 saturated heterocycles. The van der Waals surface area contributed by atoms with Gasteiger partial charge < -0.3 is 15.8 Å². The fourth-order valence-electron chi connectivity index (χ4n) is 1.79. The molecule has 2 rings (SSSR count). The minimum Gasteiger partial charge on any atom is -0.495 e. The molecular weight excluding hydrogens is 260 g/mol. The summed E-state index contributed by atoms with van der Waals surface area (Å²) >= 11 is 1.45. The van der Waals surface area contributed by atoms with Gasteiger partial charge in [0.2, 0.25) is 0 Å². The first-order valence-electron chi connectivity index (χ1n) is 5.97. The Morgan fingerprint density at radius 3 is 2.89 bits per heavy atom. The number of amides is 1. The summed E-state index contributed by atoms with van der Waals surface area (Å²) in [4.78, 5) is 12.9. The van der Waals surface area contributed by atoms with E-state index in [2.05, 4.69) is 5.32 Å². The Morgan fingerprint density at radius 1 is 1.42 bits per heavy atom. The lowest BCUT2D eigenvalue weighted by Gasteiger charge is -2.09. The Morgan fingerprint density at radius 2 is 2.21 bits per heavy atom. The largest absolute Gasteiger partial charge is 0.495 e. The molecule has 1 aromatic heterocycles. The number of methoxy groups -OCH3 is 1. The molecule has 1 heterocycles. The molecule has 5 heteroatoms. The molecule has 1 aromatic carbocycles. The second-order valence-corrected chi connectivity index (χ2v) is 4.96. The van der Waals surface area contributed by atoms with Crippen LogP contribution in [0.3, 0.4) is 0 Å². The summed E-state index contributed by atoms with van der Waals surface area (Å²) in [5.74, 6) is 0.457. The highest BCUT2D eigenvalue weighted by atomic mass is 32.1. The minimum absolute atomic E-state index is 0.0984. The van der Waals surface area contributed by atoms with Crippen LogP contribution >= 0.6 is 11.3 Å². The molecule has 0 radical (unpaired) electrons. The lowest BCUT2D eigenvalue weighted by atomic mass is 10.2. The number of benzene rings is 1. The van der Waals surface area contributed by atoms with Gasteiger partial charge >= 0.3 is 0 Å². The summed E-state index contributed by atoms with van der Waals surface area (Å²) in [6, 6.07) is 7.16. The highest BCUT2D eigenvalue weighted by Crippen LogP contribution is 2.26. The monoisotopic (exact) mass is 276 g/mol. The Hall–Kier alpha value is -2.01. The van der Waals surface area contributed by atoms with E-state index in [9.17, 15) is 4.79 Å². The van der Waals surface area contributed by atoms with Crippen molar-refractivity contribution >= 4 is 28.6 Å². The fourth-order valence-corrected chi connectivity index (χ4v) is 2.68. The van der Waals surface area contributed by atoms with E-state index < -0.39 is 0 Å². The van der Waals surface area contributed by atoms with Gasteiger partial charge in [0, 0.05) is 11.8 Å². The molecule has 2 aromatic rings. The topological polar surface area (TPSA) is 64.4 Å². The van der Waals surface area contributed by atoms with Gasteiger partial charge in [0.1, 0.15) is 5.75 Å². The summed E-state index contributed by atoms with van der Waals surface area (Å²) in [6.07, 6.45) is 0.845. The second kappa shape index (κ2) is 5.75. The standard InChI is InChI=1S/C14H16N2O2S/c1-3-9-6-7-19-13(9)14(17)16-10-4-5-11(15)12(8-10)18-2/h4-8H,3,15H2,1-2H3,(H,16,17). The van der Waals surface area contributed by atoms with E-state index in [0.29, 0.717) is 17.1 Å². The van der Waals surface area contributed by atoms with Crippen molar-refractivity contribution in [2.24, 2.45) is 0 Å². The van der Waals surface area contributed by atoms with Crippen molar-refractivity contribution in [1.29, 1.82) is 0 Å². The molecule has 0 atom stereocenters. The van der Waals surface area contributed by atoms with E-state index in [1.54, 1.807) is 25.3 Å². The van der Waals surface area contributed by atoms with Gasteiger partial charge in [0.15, 0.2) is 0 Å². The van der Waals surface area contributed by atoms with Crippen LogP contribution in [0.4, 0.5) is 11.4 Å². The van der Waals surface area contributed by atoms with Crippen LogP contribution in [0.5, 0.6) is 5.75 Å². The summed E-state index contributed by atoms with van der Waals surface area (Å²) in [6.45, 7) is 2.03.